The molecule has 0 aromatic heterocycles. The molecule has 0 atom stereocenters. The Labute approximate surface area is 107 Å². The molecule has 0 N–H and O–H groups in total. The summed E-state index contributed by atoms with van der Waals surface area (Å²) in [4.78, 5) is 27.3. The standard InChI is InChI=1S/C14H18N2O2/c1-2-10-16-13(17)9-6-11-15(14(16)18)12-7-4-3-5-8-12/h3-5,7-8H,2,6,9-11H2,1H3. The van der Waals surface area contributed by atoms with Crippen molar-refractivity contribution >= 4 is 17.6 Å². The van der Waals surface area contributed by atoms with Gasteiger partial charge in [0.1, 0.15) is 0 Å². The Hall–Kier alpha value is -1.84. The fraction of sp³-hybridized carbons (Fsp3) is 0.429. The lowest BCUT2D eigenvalue weighted by Crippen LogP contribution is -2.44. The number of imide groups is 1. The first-order valence-electron chi connectivity index (χ1n) is 6.41. The normalized spacial score (nSPS) is 16.9. The van der Waals surface area contributed by atoms with Crippen LogP contribution in [0.1, 0.15) is 26.2 Å². The van der Waals surface area contributed by atoms with Gasteiger partial charge in [0.25, 0.3) is 0 Å². The molecule has 1 saturated heterocycles. The highest BCUT2D eigenvalue weighted by Gasteiger charge is 2.29. The number of rotatable bonds is 3. The number of anilines is 1. The van der Waals surface area contributed by atoms with Crippen LogP contribution in [0.2, 0.25) is 0 Å². The van der Waals surface area contributed by atoms with Crippen LogP contribution >= 0.6 is 0 Å². The molecule has 0 bridgehead atoms. The molecule has 1 heterocycles. The summed E-state index contributed by atoms with van der Waals surface area (Å²) in [5, 5.41) is 0. The van der Waals surface area contributed by atoms with Crippen LogP contribution in [-0.4, -0.2) is 29.9 Å². The third-order valence-corrected chi connectivity index (χ3v) is 3.05. The van der Waals surface area contributed by atoms with Crippen molar-refractivity contribution in [3.8, 4) is 0 Å². The molecule has 4 nitrogen and oxygen atoms in total. The van der Waals surface area contributed by atoms with Crippen molar-refractivity contribution in [3.05, 3.63) is 30.3 Å². The minimum atomic E-state index is -0.189. The Kier molecular flexibility index (Phi) is 3.97. The summed E-state index contributed by atoms with van der Waals surface area (Å²) in [6, 6.07) is 9.33. The molecule has 0 saturated carbocycles. The van der Waals surface area contributed by atoms with Gasteiger partial charge in [-0.3, -0.25) is 14.6 Å². The van der Waals surface area contributed by atoms with Crippen molar-refractivity contribution < 1.29 is 9.59 Å². The molecule has 0 aliphatic carbocycles. The fourth-order valence-corrected chi connectivity index (χ4v) is 2.16. The van der Waals surface area contributed by atoms with Gasteiger partial charge in [-0.25, -0.2) is 4.79 Å². The van der Waals surface area contributed by atoms with Gasteiger partial charge in [0.15, 0.2) is 0 Å². The Morgan fingerprint density at radius 2 is 1.89 bits per heavy atom. The first-order valence-corrected chi connectivity index (χ1v) is 6.41. The molecule has 1 aromatic rings. The summed E-state index contributed by atoms with van der Waals surface area (Å²) >= 11 is 0. The molecule has 4 heteroatoms. The van der Waals surface area contributed by atoms with Crippen molar-refractivity contribution in [2.24, 2.45) is 0 Å². The lowest BCUT2D eigenvalue weighted by molar-refractivity contribution is -0.127. The summed E-state index contributed by atoms with van der Waals surface area (Å²) in [5.41, 5.74) is 0.860. The third kappa shape index (κ3) is 2.53. The second-order valence-corrected chi connectivity index (χ2v) is 4.42. The number of benzene rings is 1. The van der Waals surface area contributed by atoms with Gasteiger partial charge in [-0.1, -0.05) is 25.1 Å². The minimum Gasteiger partial charge on any atom is -0.294 e. The summed E-state index contributed by atoms with van der Waals surface area (Å²) in [6.07, 6.45) is 1.97. The maximum absolute atomic E-state index is 12.4. The first-order chi connectivity index (χ1) is 8.74. The van der Waals surface area contributed by atoms with Crippen molar-refractivity contribution in [1.29, 1.82) is 0 Å². The maximum atomic E-state index is 12.4. The second-order valence-electron chi connectivity index (χ2n) is 4.42. The van der Waals surface area contributed by atoms with Gasteiger partial charge in [0.2, 0.25) is 5.91 Å². The van der Waals surface area contributed by atoms with Gasteiger partial charge < -0.3 is 0 Å². The molecule has 96 valence electrons. The molecule has 0 spiro atoms. The Morgan fingerprint density at radius 3 is 2.56 bits per heavy atom. The molecular weight excluding hydrogens is 228 g/mol. The molecular formula is C14H18N2O2. The predicted octanol–water partition coefficient (Wildman–Crippen LogP) is 2.65. The molecule has 0 radical (unpaired) electrons. The van der Waals surface area contributed by atoms with Crippen LogP contribution in [0.5, 0.6) is 0 Å². The van der Waals surface area contributed by atoms with E-state index in [4.69, 9.17) is 0 Å². The highest BCUT2D eigenvalue weighted by atomic mass is 16.2. The summed E-state index contributed by atoms with van der Waals surface area (Å²) in [7, 11) is 0. The van der Waals surface area contributed by atoms with E-state index in [9.17, 15) is 9.59 Å². The number of para-hydroxylation sites is 1. The first kappa shape index (κ1) is 12.6. The van der Waals surface area contributed by atoms with E-state index in [0.29, 0.717) is 19.5 Å². The van der Waals surface area contributed by atoms with Crippen molar-refractivity contribution in [2.45, 2.75) is 26.2 Å². The predicted molar refractivity (Wildman–Crippen MR) is 70.4 cm³/mol. The molecule has 1 aliphatic heterocycles. The van der Waals surface area contributed by atoms with Crippen molar-refractivity contribution in [2.75, 3.05) is 18.0 Å². The molecule has 1 aromatic carbocycles. The highest BCUT2D eigenvalue weighted by molar-refractivity contribution is 6.03. The van der Waals surface area contributed by atoms with Gasteiger partial charge >= 0.3 is 6.03 Å². The van der Waals surface area contributed by atoms with Crippen LogP contribution in [0.15, 0.2) is 30.3 Å². The molecule has 1 aliphatic rings. The Bertz CT molecular complexity index is 431. The highest BCUT2D eigenvalue weighted by Crippen LogP contribution is 2.20. The van der Waals surface area contributed by atoms with Gasteiger partial charge in [0.05, 0.1) is 0 Å². The second kappa shape index (κ2) is 5.67. The zero-order valence-electron chi connectivity index (χ0n) is 10.6. The number of carbonyl (C=O) groups is 2. The van der Waals surface area contributed by atoms with Crippen LogP contribution < -0.4 is 4.90 Å². The minimum absolute atomic E-state index is 0.0553. The van der Waals surface area contributed by atoms with E-state index in [-0.39, 0.29) is 11.9 Å². The largest absolute Gasteiger partial charge is 0.331 e. The number of nitrogens with zero attached hydrogens (tertiary/aromatic N) is 2. The Morgan fingerprint density at radius 1 is 1.17 bits per heavy atom. The van der Waals surface area contributed by atoms with E-state index in [2.05, 4.69) is 0 Å². The molecule has 18 heavy (non-hydrogen) atoms. The van der Waals surface area contributed by atoms with Gasteiger partial charge in [0, 0.05) is 25.2 Å². The number of hydrogen-bond acceptors (Lipinski definition) is 2. The number of amides is 3. The average Bonchev–Trinajstić information content (AvgIpc) is 2.53. The molecule has 2 rings (SSSR count). The van der Waals surface area contributed by atoms with E-state index in [1.165, 1.54) is 4.90 Å². The molecule has 0 unspecified atom stereocenters. The van der Waals surface area contributed by atoms with Crippen LogP contribution in [-0.2, 0) is 4.79 Å². The van der Waals surface area contributed by atoms with Crippen molar-refractivity contribution in [1.82, 2.24) is 4.90 Å². The van der Waals surface area contributed by atoms with E-state index in [1.54, 1.807) is 4.90 Å². The van der Waals surface area contributed by atoms with Crippen LogP contribution in [0.25, 0.3) is 0 Å². The van der Waals surface area contributed by atoms with E-state index < -0.39 is 0 Å². The molecule has 3 amide bonds. The van der Waals surface area contributed by atoms with E-state index in [1.807, 2.05) is 37.3 Å². The summed E-state index contributed by atoms with van der Waals surface area (Å²) in [5.74, 6) is -0.0553. The zero-order chi connectivity index (χ0) is 13.0. The smallest absolute Gasteiger partial charge is 0.294 e. The fourth-order valence-electron chi connectivity index (χ4n) is 2.16. The third-order valence-electron chi connectivity index (χ3n) is 3.05. The van der Waals surface area contributed by atoms with Gasteiger partial charge in [-0.2, -0.15) is 0 Å². The van der Waals surface area contributed by atoms with Crippen LogP contribution in [0.3, 0.4) is 0 Å². The SMILES string of the molecule is CCCN1C(=O)CCCN(c2ccccc2)C1=O. The summed E-state index contributed by atoms with van der Waals surface area (Å²) in [6.45, 7) is 3.08. The monoisotopic (exact) mass is 246 g/mol. The van der Waals surface area contributed by atoms with Crippen LogP contribution in [0, 0.1) is 0 Å². The number of hydrogen-bond donors (Lipinski definition) is 0. The zero-order valence-corrected chi connectivity index (χ0v) is 10.6. The Balaban J connectivity index is 2.25. The van der Waals surface area contributed by atoms with E-state index >= 15 is 0 Å². The maximum Gasteiger partial charge on any atom is 0.331 e. The lowest BCUT2D eigenvalue weighted by Gasteiger charge is -2.26. The van der Waals surface area contributed by atoms with E-state index in [0.717, 1.165) is 18.5 Å². The lowest BCUT2D eigenvalue weighted by atomic mass is 10.2. The van der Waals surface area contributed by atoms with Gasteiger partial charge in [-0.15, -0.1) is 0 Å². The van der Waals surface area contributed by atoms with Crippen molar-refractivity contribution in [3.63, 3.8) is 0 Å². The quantitative estimate of drug-likeness (QED) is 0.822. The number of carbonyl (C=O) groups excluding carboxylic acids is 2. The summed E-state index contributed by atoms with van der Waals surface area (Å²) < 4.78 is 0. The van der Waals surface area contributed by atoms with Gasteiger partial charge in [-0.05, 0) is 25.0 Å². The van der Waals surface area contributed by atoms with Crippen LogP contribution in [0.4, 0.5) is 10.5 Å². The molecule has 1 fully saturated rings. The number of urea groups is 1. The topological polar surface area (TPSA) is 40.6 Å². The average molecular weight is 246 g/mol.